The molecule has 1 aromatic carbocycles. The van der Waals surface area contributed by atoms with E-state index in [1.807, 2.05) is 0 Å². The fourth-order valence-corrected chi connectivity index (χ4v) is 5.56. The van der Waals surface area contributed by atoms with E-state index in [4.69, 9.17) is 4.74 Å². The predicted molar refractivity (Wildman–Crippen MR) is 109 cm³/mol. The lowest BCUT2D eigenvalue weighted by atomic mass is 9.82. The highest BCUT2D eigenvalue weighted by molar-refractivity contribution is 7.88. The lowest BCUT2D eigenvalue weighted by Gasteiger charge is -2.41. The molecule has 1 N–H and O–H groups in total. The van der Waals surface area contributed by atoms with E-state index in [1.165, 1.54) is 6.92 Å². The highest BCUT2D eigenvalue weighted by Crippen LogP contribution is 2.37. The summed E-state index contributed by atoms with van der Waals surface area (Å²) >= 11 is 0. The number of carbonyl (C=O) groups is 1. The molecule has 1 amide bonds. The van der Waals surface area contributed by atoms with Gasteiger partial charge in [-0.15, -0.1) is 0 Å². The van der Waals surface area contributed by atoms with Gasteiger partial charge in [-0.05, 0) is 56.6 Å². The van der Waals surface area contributed by atoms with E-state index in [0.29, 0.717) is 45.1 Å². The summed E-state index contributed by atoms with van der Waals surface area (Å²) in [6.45, 7) is 2.16. The van der Waals surface area contributed by atoms with Gasteiger partial charge in [0.05, 0.1) is 25.0 Å². The minimum absolute atomic E-state index is 0.144. The van der Waals surface area contributed by atoms with Crippen LogP contribution in [-0.2, 0) is 19.6 Å². The lowest BCUT2D eigenvalue weighted by molar-refractivity contribution is -0.136. The Morgan fingerprint density at radius 1 is 1.13 bits per heavy atom. The number of carbonyl (C=O) groups excluding carboxylic acids is 1. The van der Waals surface area contributed by atoms with Gasteiger partial charge in [0.2, 0.25) is 15.9 Å². The van der Waals surface area contributed by atoms with Crippen LogP contribution in [0.2, 0.25) is 0 Å². The molecule has 2 aliphatic rings. The molecular weight excluding hydrogens is 433 g/mol. The van der Waals surface area contributed by atoms with Crippen LogP contribution in [-0.4, -0.2) is 56.8 Å². The second-order valence-electron chi connectivity index (χ2n) is 8.48. The zero-order chi connectivity index (χ0) is 22.8. The number of halogens is 3. The van der Waals surface area contributed by atoms with Crippen LogP contribution in [0.3, 0.4) is 0 Å². The summed E-state index contributed by atoms with van der Waals surface area (Å²) in [7, 11) is -3.44. The molecule has 0 unspecified atom stereocenters. The molecule has 2 fully saturated rings. The Morgan fingerprint density at radius 3 is 2.39 bits per heavy atom. The van der Waals surface area contributed by atoms with Crippen LogP contribution in [0, 0.1) is 17.5 Å². The normalized spacial score (nSPS) is 27.3. The fraction of sp³-hybridized carbons (Fsp3) is 0.667. The van der Waals surface area contributed by atoms with Crippen molar-refractivity contribution >= 4 is 15.9 Å². The van der Waals surface area contributed by atoms with Gasteiger partial charge in [0, 0.05) is 25.1 Å². The zero-order valence-electron chi connectivity index (χ0n) is 17.7. The lowest BCUT2D eigenvalue weighted by Crippen LogP contribution is -2.58. The molecule has 1 aliphatic carbocycles. The van der Waals surface area contributed by atoms with Crippen LogP contribution in [0.4, 0.5) is 13.2 Å². The quantitative estimate of drug-likeness (QED) is 0.660. The minimum Gasteiger partial charge on any atom is -0.376 e. The molecule has 2 atom stereocenters. The topological polar surface area (TPSA) is 75.7 Å². The van der Waals surface area contributed by atoms with Gasteiger partial charge in [0.1, 0.15) is 5.82 Å². The van der Waals surface area contributed by atoms with Crippen molar-refractivity contribution in [2.45, 2.75) is 69.6 Å². The number of ether oxygens (including phenoxy) is 1. The van der Waals surface area contributed by atoms with Crippen LogP contribution >= 0.6 is 0 Å². The maximum absolute atomic E-state index is 14.1. The second-order valence-corrected chi connectivity index (χ2v) is 10.3. The Kier molecular flexibility index (Phi) is 7.64. The molecule has 6 nitrogen and oxygen atoms in total. The predicted octanol–water partition coefficient (Wildman–Crippen LogP) is 3.08. The van der Waals surface area contributed by atoms with E-state index < -0.39 is 45.5 Å². The highest BCUT2D eigenvalue weighted by atomic mass is 32.2. The van der Waals surface area contributed by atoms with Gasteiger partial charge in [-0.1, -0.05) is 0 Å². The summed E-state index contributed by atoms with van der Waals surface area (Å²) in [6.07, 6.45) is 4.19. The van der Waals surface area contributed by atoms with E-state index in [1.54, 1.807) is 4.90 Å². The number of amides is 1. The molecule has 0 aromatic heterocycles. The van der Waals surface area contributed by atoms with Crippen LogP contribution in [0.25, 0.3) is 0 Å². The molecule has 1 saturated heterocycles. The molecule has 1 heterocycles. The monoisotopic (exact) mass is 462 g/mol. The average molecular weight is 463 g/mol. The first-order valence-electron chi connectivity index (χ1n) is 10.6. The Balaban J connectivity index is 1.61. The minimum atomic E-state index is -3.44. The van der Waals surface area contributed by atoms with Crippen molar-refractivity contribution in [2.75, 3.05) is 19.4 Å². The third-order valence-corrected chi connectivity index (χ3v) is 6.94. The summed E-state index contributed by atoms with van der Waals surface area (Å²) in [6, 6.07) is 0.885. The van der Waals surface area contributed by atoms with Crippen molar-refractivity contribution < 1.29 is 31.1 Å². The summed E-state index contributed by atoms with van der Waals surface area (Å²) < 4.78 is 73.8. The zero-order valence-corrected chi connectivity index (χ0v) is 18.6. The molecule has 3 rings (SSSR count). The molecule has 1 aromatic rings. The van der Waals surface area contributed by atoms with Gasteiger partial charge >= 0.3 is 0 Å². The van der Waals surface area contributed by atoms with Crippen molar-refractivity contribution in [3.05, 3.63) is 35.1 Å². The number of sulfonamides is 1. The number of benzene rings is 1. The molecular formula is C21H29F3N2O4S. The van der Waals surface area contributed by atoms with Crippen molar-refractivity contribution in [3.63, 3.8) is 0 Å². The number of likely N-dealkylation sites (tertiary alicyclic amines) is 1. The number of hydrogen-bond donors (Lipinski definition) is 1. The Bertz CT molecular complexity index is 904. The van der Waals surface area contributed by atoms with Crippen molar-refractivity contribution in [1.82, 2.24) is 9.62 Å². The number of piperidine rings is 1. The maximum Gasteiger partial charge on any atom is 0.219 e. The molecule has 31 heavy (non-hydrogen) atoms. The molecule has 1 saturated carbocycles. The summed E-state index contributed by atoms with van der Waals surface area (Å²) in [5, 5.41) is 0. The molecule has 0 radical (unpaired) electrons. The van der Waals surface area contributed by atoms with Gasteiger partial charge in [-0.3, -0.25) is 4.79 Å². The molecule has 0 bridgehead atoms. The number of hydrogen-bond acceptors (Lipinski definition) is 4. The Morgan fingerprint density at radius 2 is 1.77 bits per heavy atom. The van der Waals surface area contributed by atoms with E-state index in [2.05, 4.69) is 4.72 Å². The SMILES string of the molecule is CC(=O)N1CCC[C@H](NS(C)(=O)=O)[C@@H]1CO[C@H]1CC[C@@H](c2c(F)ccc(F)c2F)CC1. The van der Waals surface area contributed by atoms with E-state index in [-0.39, 0.29) is 24.2 Å². The maximum atomic E-state index is 14.1. The van der Waals surface area contributed by atoms with Crippen molar-refractivity contribution in [2.24, 2.45) is 0 Å². The van der Waals surface area contributed by atoms with Crippen LogP contribution < -0.4 is 4.72 Å². The number of nitrogens with one attached hydrogen (secondary N) is 1. The van der Waals surface area contributed by atoms with Gasteiger partial charge in [0.15, 0.2) is 11.6 Å². The largest absolute Gasteiger partial charge is 0.376 e. The van der Waals surface area contributed by atoms with Gasteiger partial charge in [-0.25, -0.2) is 26.3 Å². The average Bonchev–Trinajstić information content (AvgIpc) is 2.69. The van der Waals surface area contributed by atoms with Crippen LogP contribution in [0.5, 0.6) is 0 Å². The standard InChI is InChI=1S/C21H29F3N2O4S/c1-13(27)26-11-3-4-18(25-31(2,28)29)19(26)12-30-15-7-5-14(6-8-15)20-16(22)9-10-17(23)21(20)24/h9-10,14-15,18-19,25H,3-8,11-12H2,1-2H3/t14-,15+,18-,19-/m0/s1. The van der Waals surface area contributed by atoms with E-state index >= 15 is 0 Å². The number of nitrogens with zero attached hydrogens (tertiary/aromatic N) is 1. The Labute approximate surface area is 181 Å². The van der Waals surface area contributed by atoms with Gasteiger partial charge in [-0.2, -0.15) is 0 Å². The Hall–Kier alpha value is -1.65. The first-order valence-corrected chi connectivity index (χ1v) is 12.5. The van der Waals surface area contributed by atoms with Crippen molar-refractivity contribution in [3.8, 4) is 0 Å². The van der Waals surface area contributed by atoms with Crippen molar-refractivity contribution in [1.29, 1.82) is 0 Å². The highest BCUT2D eigenvalue weighted by Gasteiger charge is 2.36. The van der Waals surface area contributed by atoms with Crippen LogP contribution in [0.15, 0.2) is 12.1 Å². The van der Waals surface area contributed by atoms with Gasteiger partial charge in [0.25, 0.3) is 0 Å². The molecule has 174 valence electrons. The molecule has 10 heteroatoms. The summed E-state index contributed by atoms with van der Waals surface area (Å²) in [5.74, 6) is -3.48. The molecule has 0 spiro atoms. The van der Waals surface area contributed by atoms with Gasteiger partial charge < -0.3 is 9.64 Å². The summed E-state index contributed by atoms with van der Waals surface area (Å²) in [5.41, 5.74) is -0.203. The first-order chi connectivity index (χ1) is 14.6. The third kappa shape index (κ3) is 5.98. The van der Waals surface area contributed by atoms with Crippen LogP contribution in [0.1, 0.15) is 56.9 Å². The second kappa shape index (κ2) is 9.87. The third-order valence-electron chi connectivity index (χ3n) is 6.21. The number of rotatable bonds is 6. The van der Waals surface area contributed by atoms with E-state index in [0.717, 1.165) is 18.4 Å². The fourth-order valence-electron chi connectivity index (χ4n) is 4.74. The first kappa shape index (κ1) is 24.0. The summed E-state index contributed by atoms with van der Waals surface area (Å²) in [4.78, 5) is 13.7. The molecule has 1 aliphatic heterocycles. The smallest absolute Gasteiger partial charge is 0.219 e. The van der Waals surface area contributed by atoms with E-state index in [9.17, 15) is 26.4 Å².